The summed E-state index contributed by atoms with van der Waals surface area (Å²) < 4.78 is 28.0. The van der Waals surface area contributed by atoms with Crippen LogP contribution in [0.2, 0.25) is 0 Å². The third-order valence-electron chi connectivity index (χ3n) is 5.57. The second-order valence-electron chi connectivity index (χ2n) is 7.94. The zero-order valence-corrected chi connectivity index (χ0v) is 19.0. The molecule has 2 aromatic carbocycles. The first-order valence-electron chi connectivity index (χ1n) is 10.5. The molecule has 2 aromatic rings. The second-order valence-corrected chi connectivity index (χ2v) is 9.62. The van der Waals surface area contributed by atoms with Gasteiger partial charge in [0, 0.05) is 36.8 Å². The first-order chi connectivity index (χ1) is 14.7. The molecule has 1 atom stereocenters. The number of rotatable bonds is 6. The van der Waals surface area contributed by atoms with Crippen molar-refractivity contribution >= 4 is 27.5 Å². The summed E-state index contributed by atoms with van der Waals surface area (Å²) in [6.07, 6.45) is 2.07. The molecule has 0 saturated carbocycles. The molecule has 0 radical (unpaired) electrons. The van der Waals surface area contributed by atoms with Crippen LogP contribution in [0.3, 0.4) is 0 Å². The van der Waals surface area contributed by atoms with Gasteiger partial charge in [0.25, 0.3) is 15.9 Å². The molecule has 3 rings (SSSR count). The van der Waals surface area contributed by atoms with Crippen molar-refractivity contribution in [1.82, 2.24) is 10.2 Å². The van der Waals surface area contributed by atoms with Gasteiger partial charge in [-0.05, 0) is 74.2 Å². The van der Waals surface area contributed by atoms with Gasteiger partial charge in [-0.25, -0.2) is 8.42 Å². The lowest BCUT2D eigenvalue weighted by molar-refractivity contribution is -0.121. The Labute approximate surface area is 183 Å². The fraction of sp³-hybridized carbons (Fsp3) is 0.391. The summed E-state index contributed by atoms with van der Waals surface area (Å²) in [7, 11) is -3.76. The molecule has 0 bridgehead atoms. The molecule has 166 valence electrons. The summed E-state index contributed by atoms with van der Waals surface area (Å²) in [4.78, 5) is 26.3. The van der Waals surface area contributed by atoms with Crippen LogP contribution in [-0.4, -0.2) is 44.3 Å². The van der Waals surface area contributed by atoms with Gasteiger partial charge in [-0.3, -0.25) is 14.3 Å². The van der Waals surface area contributed by atoms with E-state index in [4.69, 9.17) is 0 Å². The molecule has 1 aliphatic rings. The van der Waals surface area contributed by atoms with Crippen LogP contribution in [0.4, 0.5) is 5.69 Å². The van der Waals surface area contributed by atoms with Gasteiger partial charge in [0.05, 0.1) is 4.90 Å². The number of nitrogens with one attached hydrogen (secondary N) is 2. The van der Waals surface area contributed by atoms with Gasteiger partial charge in [0.2, 0.25) is 5.91 Å². The Hall–Kier alpha value is -2.87. The number of benzene rings is 2. The molecular weight excluding hydrogens is 414 g/mol. The van der Waals surface area contributed by atoms with E-state index >= 15 is 0 Å². The maximum absolute atomic E-state index is 12.9. The Morgan fingerprint density at radius 1 is 1.06 bits per heavy atom. The Morgan fingerprint density at radius 2 is 1.77 bits per heavy atom. The Bertz CT molecular complexity index is 1060. The van der Waals surface area contributed by atoms with Gasteiger partial charge in [0.15, 0.2) is 0 Å². The molecule has 2 N–H and O–H groups in total. The predicted molar refractivity (Wildman–Crippen MR) is 121 cm³/mol. The summed E-state index contributed by atoms with van der Waals surface area (Å²) in [6.45, 7) is 6.76. The van der Waals surface area contributed by atoms with E-state index in [1.54, 1.807) is 24.0 Å². The minimum Gasteiger partial charge on any atom is -0.352 e. The van der Waals surface area contributed by atoms with Crippen LogP contribution in [-0.2, 0) is 14.8 Å². The van der Waals surface area contributed by atoms with Gasteiger partial charge >= 0.3 is 0 Å². The van der Waals surface area contributed by atoms with E-state index in [2.05, 4.69) is 10.0 Å². The van der Waals surface area contributed by atoms with E-state index in [0.29, 0.717) is 30.8 Å². The zero-order valence-electron chi connectivity index (χ0n) is 18.1. The zero-order chi connectivity index (χ0) is 22.6. The number of sulfonamides is 1. The number of piperidine rings is 1. The molecular formula is C23H29N3O4S. The molecule has 7 nitrogen and oxygen atoms in total. The molecule has 1 unspecified atom stereocenters. The van der Waals surface area contributed by atoms with E-state index in [0.717, 1.165) is 24.0 Å². The summed E-state index contributed by atoms with van der Waals surface area (Å²) in [5, 5.41) is 2.94. The number of amides is 2. The van der Waals surface area contributed by atoms with Crippen molar-refractivity contribution in [2.24, 2.45) is 0 Å². The molecule has 0 aliphatic carbocycles. The monoisotopic (exact) mass is 443 g/mol. The van der Waals surface area contributed by atoms with E-state index < -0.39 is 10.0 Å². The number of hydrogen-bond acceptors (Lipinski definition) is 4. The van der Waals surface area contributed by atoms with E-state index in [1.807, 2.05) is 19.9 Å². The van der Waals surface area contributed by atoms with Gasteiger partial charge < -0.3 is 10.2 Å². The van der Waals surface area contributed by atoms with E-state index in [1.165, 1.54) is 24.3 Å². The highest BCUT2D eigenvalue weighted by Crippen LogP contribution is 2.20. The molecule has 1 aliphatic heterocycles. The van der Waals surface area contributed by atoms with Crippen LogP contribution in [0.25, 0.3) is 0 Å². The third kappa shape index (κ3) is 5.64. The number of carbonyl (C=O) groups is 2. The van der Waals surface area contributed by atoms with Gasteiger partial charge in [-0.1, -0.05) is 13.0 Å². The lowest BCUT2D eigenvalue weighted by Gasteiger charge is -2.33. The number of carbonyl (C=O) groups excluding carboxylic acids is 2. The molecule has 1 saturated heterocycles. The second kappa shape index (κ2) is 9.51. The number of nitrogens with zero attached hydrogens (tertiary/aromatic N) is 1. The number of anilines is 1. The van der Waals surface area contributed by atoms with Crippen LogP contribution in [0, 0.1) is 13.8 Å². The molecule has 31 heavy (non-hydrogen) atoms. The first kappa shape index (κ1) is 22.8. The van der Waals surface area contributed by atoms with Crippen LogP contribution in [0.5, 0.6) is 0 Å². The quantitative estimate of drug-likeness (QED) is 0.716. The van der Waals surface area contributed by atoms with Gasteiger partial charge in [-0.15, -0.1) is 0 Å². The smallest absolute Gasteiger partial charge is 0.261 e. The minimum atomic E-state index is -3.76. The van der Waals surface area contributed by atoms with Gasteiger partial charge in [0.1, 0.15) is 0 Å². The summed E-state index contributed by atoms with van der Waals surface area (Å²) in [5.74, 6) is -0.188. The molecule has 1 fully saturated rings. The van der Waals surface area contributed by atoms with Crippen LogP contribution in [0.1, 0.15) is 47.7 Å². The van der Waals surface area contributed by atoms with Crippen molar-refractivity contribution in [2.75, 3.05) is 17.8 Å². The third-order valence-corrected chi connectivity index (χ3v) is 6.96. The number of hydrogen-bond donors (Lipinski definition) is 2. The highest BCUT2D eigenvalue weighted by atomic mass is 32.2. The number of aryl methyl sites for hydroxylation is 2. The molecule has 1 heterocycles. The highest BCUT2D eigenvalue weighted by Gasteiger charge is 2.25. The lowest BCUT2D eigenvalue weighted by atomic mass is 10.0. The molecule has 0 aromatic heterocycles. The fourth-order valence-corrected chi connectivity index (χ4v) is 4.64. The average molecular weight is 444 g/mol. The summed E-state index contributed by atoms with van der Waals surface area (Å²) in [5.41, 5.74) is 3.00. The normalized spacial score (nSPS) is 16.6. The van der Waals surface area contributed by atoms with Crippen LogP contribution in [0.15, 0.2) is 47.4 Å². The summed E-state index contributed by atoms with van der Waals surface area (Å²) in [6, 6.07) is 11.3. The van der Waals surface area contributed by atoms with Crippen LogP contribution < -0.4 is 10.0 Å². The maximum Gasteiger partial charge on any atom is 0.261 e. The van der Waals surface area contributed by atoms with Crippen molar-refractivity contribution in [3.05, 3.63) is 59.2 Å². The Balaban J connectivity index is 1.69. The Kier molecular flexibility index (Phi) is 7.00. The van der Waals surface area contributed by atoms with Gasteiger partial charge in [-0.2, -0.15) is 0 Å². The van der Waals surface area contributed by atoms with Crippen molar-refractivity contribution in [3.8, 4) is 0 Å². The number of likely N-dealkylation sites (tertiary alicyclic amines) is 1. The van der Waals surface area contributed by atoms with E-state index in [-0.39, 0.29) is 22.8 Å². The minimum absolute atomic E-state index is 0.0230. The predicted octanol–water partition coefficient (Wildman–Crippen LogP) is 3.24. The average Bonchev–Trinajstić information content (AvgIpc) is 2.76. The van der Waals surface area contributed by atoms with Crippen molar-refractivity contribution in [3.63, 3.8) is 0 Å². The first-order valence-corrected chi connectivity index (χ1v) is 12.0. The fourth-order valence-electron chi connectivity index (χ4n) is 3.59. The summed E-state index contributed by atoms with van der Waals surface area (Å²) >= 11 is 0. The van der Waals surface area contributed by atoms with Crippen LogP contribution >= 0.6 is 0 Å². The Morgan fingerprint density at radius 3 is 2.42 bits per heavy atom. The molecule has 2 amide bonds. The van der Waals surface area contributed by atoms with Crippen molar-refractivity contribution < 1.29 is 18.0 Å². The standard InChI is InChI=1S/C23H29N3O4S/c1-4-22(27)24-20-6-5-13-26(15-20)23(28)18-8-11-21(12-9-18)31(29,30)25-19-10-7-16(2)17(3)14-19/h7-12,14,20,25H,4-6,13,15H2,1-3H3,(H,24,27). The lowest BCUT2D eigenvalue weighted by Crippen LogP contribution is -2.49. The van der Waals surface area contributed by atoms with Crippen molar-refractivity contribution in [2.45, 2.75) is 51.0 Å². The molecule has 0 spiro atoms. The highest BCUT2D eigenvalue weighted by molar-refractivity contribution is 7.92. The molecule has 8 heteroatoms. The van der Waals surface area contributed by atoms with Crippen molar-refractivity contribution in [1.29, 1.82) is 0 Å². The maximum atomic E-state index is 12.9. The van der Waals surface area contributed by atoms with E-state index in [9.17, 15) is 18.0 Å². The topological polar surface area (TPSA) is 95.6 Å². The SMILES string of the molecule is CCC(=O)NC1CCCN(C(=O)c2ccc(S(=O)(=O)Nc3ccc(C)c(C)c3)cc2)C1. The largest absolute Gasteiger partial charge is 0.352 e.